The van der Waals surface area contributed by atoms with Crippen LogP contribution in [-0.4, -0.2) is 29.4 Å². The molecule has 1 aromatic rings. The molecule has 0 saturated carbocycles. The lowest BCUT2D eigenvalue weighted by Gasteiger charge is -2.19. The molecular formula is C13H17F2NO2S. The second-order valence-electron chi connectivity index (χ2n) is 4.38. The van der Waals surface area contributed by atoms with E-state index in [4.69, 9.17) is 5.11 Å². The molecular weight excluding hydrogens is 272 g/mol. The molecule has 0 bridgehead atoms. The Hall–Kier alpha value is -1.14. The zero-order chi connectivity index (χ0) is 14.4. The molecule has 0 aliphatic heterocycles. The van der Waals surface area contributed by atoms with E-state index in [9.17, 15) is 13.6 Å². The van der Waals surface area contributed by atoms with Crippen molar-refractivity contribution in [3.63, 3.8) is 0 Å². The van der Waals surface area contributed by atoms with Gasteiger partial charge in [-0.2, -0.15) is 0 Å². The molecule has 6 heteroatoms. The Morgan fingerprint density at radius 3 is 2.68 bits per heavy atom. The normalized spacial score (nSPS) is 13.9. The zero-order valence-corrected chi connectivity index (χ0v) is 11.6. The highest BCUT2D eigenvalue weighted by Gasteiger charge is 2.14. The lowest BCUT2D eigenvalue weighted by Crippen LogP contribution is -2.39. The van der Waals surface area contributed by atoms with Gasteiger partial charge in [0.15, 0.2) is 0 Å². The van der Waals surface area contributed by atoms with Crippen LogP contribution in [0.15, 0.2) is 23.1 Å². The molecule has 0 aromatic heterocycles. The van der Waals surface area contributed by atoms with Gasteiger partial charge >= 0.3 is 0 Å². The number of thioether (sulfide) groups is 1. The topological polar surface area (TPSA) is 49.3 Å². The summed E-state index contributed by atoms with van der Waals surface area (Å²) in [4.78, 5) is 11.9. The molecule has 0 aliphatic rings. The Bertz CT molecular complexity index is 443. The largest absolute Gasteiger partial charge is 0.396 e. The maximum absolute atomic E-state index is 13.3. The van der Waals surface area contributed by atoms with E-state index in [0.717, 1.165) is 23.9 Å². The smallest absolute Gasteiger partial charge is 0.230 e. The summed E-state index contributed by atoms with van der Waals surface area (Å²) in [5.74, 6) is -1.56. The number of carbonyl (C=O) groups excluding carboxylic acids is 1. The van der Waals surface area contributed by atoms with Crippen molar-refractivity contribution in [2.45, 2.75) is 24.8 Å². The highest BCUT2D eigenvalue weighted by Crippen LogP contribution is 2.22. The minimum atomic E-state index is -0.672. The monoisotopic (exact) mass is 289 g/mol. The fourth-order valence-corrected chi connectivity index (χ4v) is 2.06. The van der Waals surface area contributed by atoms with Crippen LogP contribution in [-0.2, 0) is 4.79 Å². The van der Waals surface area contributed by atoms with Crippen LogP contribution in [0.5, 0.6) is 0 Å². The van der Waals surface area contributed by atoms with Crippen LogP contribution in [0.25, 0.3) is 0 Å². The summed E-state index contributed by atoms with van der Waals surface area (Å²) in [6, 6.07) is 3.09. The van der Waals surface area contributed by atoms with Crippen LogP contribution in [0.4, 0.5) is 8.78 Å². The number of amides is 1. The minimum Gasteiger partial charge on any atom is -0.396 e. The van der Waals surface area contributed by atoms with Crippen molar-refractivity contribution >= 4 is 17.7 Å². The van der Waals surface area contributed by atoms with Crippen molar-refractivity contribution in [2.75, 3.05) is 12.4 Å². The van der Waals surface area contributed by atoms with E-state index in [1.54, 1.807) is 6.92 Å². The molecule has 2 N–H and O–H groups in total. The molecule has 1 aromatic carbocycles. The summed E-state index contributed by atoms with van der Waals surface area (Å²) in [5.41, 5.74) is 0. The molecule has 19 heavy (non-hydrogen) atoms. The highest BCUT2D eigenvalue weighted by molar-refractivity contribution is 8.00. The number of aliphatic hydroxyl groups is 1. The van der Waals surface area contributed by atoms with E-state index in [1.807, 2.05) is 6.92 Å². The predicted molar refractivity (Wildman–Crippen MR) is 70.9 cm³/mol. The average Bonchev–Trinajstić information content (AvgIpc) is 2.36. The van der Waals surface area contributed by atoms with Crippen molar-refractivity contribution in [2.24, 2.45) is 5.92 Å². The molecule has 2 unspecified atom stereocenters. The molecule has 0 saturated heterocycles. The Morgan fingerprint density at radius 2 is 2.11 bits per heavy atom. The molecule has 1 amide bonds. The number of hydrogen-bond donors (Lipinski definition) is 2. The van der Waals surface area contributed by atoms with Gasteiger partial charge in [-0.3, -0.25) is 4.79 Å². The third-order valence-corrected chi connectivity index (χ3v) is 3.83. The Morgan fingerprint density at radius 1 is 1.42 bits per heavy atom. The van der Waals surface area contributed by atoms with Crippen LogP contribution in [0.3, 0.4) is 0 Å². The fraction of sp³-hybridized carbons (Fsp3) is 0.462. The molecule has 0 heterocycles. The average molecular weight is 289 g/mol. The summed E-state index contributed by atoms with van der Waals surface area (Å²) in [6.45, 7) is 3.60. The number of nitrogens with one attached hydrogen (secondary N) is 1. The van der Waals surface area contributed by atoms with Gasteiger partial charge < -0.3 is 10.4 Å². The first-order chi connectivity index (χ1) is 8.93. The summed E-state index contributed by atoms with van der Waals surface area (Å²) < 4.78 is 26.0. The van der Waals surface area contributed by atoms with Gasteiger partial charge in [0, 0.05) is 23.6 Å². The van der Waals surface area contributed by atoms with Gasteiger partial charge in [-0.15, -0.1) is 11.8 Å². The van der Waals surface area contributed by atoms with Gasteiger partial charge in [0.05, 0.1) is 5.75 Å². The van der Waals surface area contributed by atoms with Crippen molar-refractivity contribution < 1.29 is 18.7 Å². The first-order valence-electron chi connectivity index (χ1n) is 5.92. The Balaban J connectivity index is 2.46. The van der Waals surface area contributed by atoms with Gasteiger partial charge in [0.1, 0.15) is 11.6 Å². The number of hydrogen-bond acceptors (Lipinski definition) is 3. The maximum atomic E-state index is 13.3. The van der Waals surface area contributed by atoms with E-state index in [2.05, 4.69) is 5.32 Å². The highest BCUT2D eigenvalue weighted by atomic mass is 32.2. The Kier molecular flexibility index (Phi) is 6.24. The van der Waals surface area contributed by atoms with Gasteiger partial charge in [0.2, 0.25) is 5.91 Å². The molecule has 1 rings (SSSR count). The number of rotatable bonds is 6. The molecule has 106 valence electrons. The lowest BCUT2D eigenvalue weighted by molar-refractivity contribution is -0.119. The summed E-state index contributed by atoms with van der Waals surface area (Å²) in [6.07, 6.45) is 0. The van der Waals surface area contributed by atoms with Gasteiger partial charge in [-0.25, -0.2) is 8.78 Å². The molecule has 0 fully saturated rings. The third kappa shape index (κ3) is 5.16. The number of aliphatic hydroxyl groups excluding tert-OH is 1. The molecule has 0 radical (unpaired) electrons. The van der Waals surface area contributed by atoms with E-state index < -0.39 is 11.6 Å². The summed E-state index contributed by atoms with van der Waals surface area (Å²) >= 11 is 1.01. The third-order valence-electron chi connectivity index (χ3n) is 2.78. The number of carbonyl (C=O) groups is 1. The molecule has 0 spiro atoms. The van der Waals surface area contributed by atoms with Gasteiger partial charge in [-0.05, 0) is 25.0 Å². The van der Waals surface area contributed by atoms with Crippen LogP contribution in [0.2, 0.25) is 0 Å². The number of benzene rings is 1. The van der Waals surface area contributed by atoms with Crippen LogP contribution in [0.1, 0.15) is 13.8 Å². The van der Waals surface area contributed by atoms with Crippen LogP contribution in [0, 0.1) is 17.6 Å². The lowest BCUT2D eigenvalue weighted by atomic mass is 10.1. The number of halogens is 2. The van der Waals surface area contributed by atoms with Crippen LogP contribution < -0.4 is 5.32 Å². The van der Waals surface area contributed by atoms with E-state index in [0.29, 0.717) is 0 Å². The van der Waals surface area contributed by atoms with E-state index >= 15 is 0 Å². The summed E-state index contributed by atoms with van der Waals surface area (Å²) in [5, 5.41) is 11.7. The maximum Gasteiger partial charge on any atom is 0.230 e. The summed E-state index contributed by atoms with van der Waals surface area (Å²) in [7, 11) is 0. The first kappa shape index (κ1) is 15.9. The SMILES string of the molecule is CC(CO)C(C)NC(=O)CSc1ccc(F)cc1F. The van der Waals surface area contributed by atoms with Gasteiger partial charge in [-0.1, -0.05) is 6.92 Å². The van der Waals surface area contributed by atoms with Crippen molar-refractivity contribution in [3.05, 3.63) is 29.8 Å². The van der Waals surface area contributed by atoms with Crippen molar-refractivity contribution in [3.8, 4) is 0 Å². The van der Waals surface area contributed by atoms with Crippen molar-refractivity contribution in [1.29, 1.82) is 0 Å². The zero-order valence-electron chi connectivity index (χ0n) is 10.8. The quantitative estimate of drug-likeness (QED) is 0.789. The van der Waals surface area contributed by atoms with Crippen molar-refractivity contribution in [1.82, 2.24) is 5.32 Å². The van der Waals surface area contributed by atoms with Gasteiger partial charge in [0.25, 0.3) is 0 Å². The second kappa shape index (κ2) is 7.45. The van der Waals surface area contributed by atoms with Crippen LogP contribution >= 0.6 is 11.8 Å². The fourth-order valence-electron chi connectivity index (χ4n) is 1.33. The molecule has 0 aliphatic carbocycles. The molecule has 2 atom stereocenters. The van der Waals surface area contributed by atoms with E-state index in [1.165, 1.54) is 6.07 Å². The second-order valence-corrected chi connectivity index (χ2v) is 5.40. The molecule has 3 nitrogen and oxygen atoms in total. The predicted octanol–water partition coefficient (Wildman–Crippen LogP) is 2.19. The standard InChI is InChI=1S/C13H17F2NO2S/c1-8(6-17)9(2)16-13(18)7-19-12-4-3-10(14)5-11(12)15/h3-5,8-9,17H,6-7H2,1-2H3,(H,16,18). The minimum absolute atomic E-state index is 0.0127. The Labute approximate surface area is 115 Å². The van der Waals surface area contributed by atoms with E-state index in [-0.39, 0.29) is 35.1 Å². The first-order valence-corrected chi connectivity index (χ1v) is 6.90.